The Morgan fingerprint density at radius 3 is 2.62 bits per heavy atom. The van der Waals surface area contributed by atoms with Gasteiger partial charge in [0.1, 0.15) is 0 Å². The van der Waals surface area contributed by atoms with Gasteiger partial charge in [-0.1, -0.05) is 13.8 Å². The lowest BCUT2D eigenvalue weighted by atomic mass is 9.81. The van der Waals surface area contributed by atoms with E-state index in [2.05, 4.69) is 24.5 Å². The first-order valence-corrected chi connectivity index (χ1v) is 6.59. The van der Waals surface area contributed by atoms with Crippen LogP contribution < -0.4 is 10.6 Å². The van der Waals surface area contributed by atoms with E-state index in [0.29, 0.717) is 11.3 Å². The number of hydrogen-bond acceptors (Lipinski definition) is 2. The van der Waals surface area contributed by atoms with E-state index in [4.69, 9.17) is 0 Å². The first-order valence-electron chi connectivity index (χ1n) is 6.59. The van der Waals surface area contributed by atoms with Gasteiger partial charge in [-0.25, -0.2) is 0 Å². The highest BCUT2D eigenvalue weighted by molar-refractivity contribution is 5.78. The van der Waals surface area contributed by atoms with Gasteiger partial charge >= 0.3 is 0 Å². The molecule has 1 heterocycles. The summed E-state index contributed by atoms with van der Waals surface area (Å²) in [5.41, 5.74) is 0.310. The standard InChI is InChI=1S/C13H24N2O/c1-10(11-3-4-11)12(16)15-9-13(2)5-7-14-8-6-13/h10-11,14H,3-9H2,1-2H3,(H,15,16). The molecule has 0 aromatic heterocycles. The van der Waals surface area contributed by atoms with Crippen LogP contribution in [0.5, 0.6) is 0 Å². The maximum absolute atomic E-state index is 11.9. The Morgan fingerprint density at radius 1 is 1.44 bits per heavy atom. The van der Waals surface area contributed by atoms with Crippen molar-refractivity contribution in [3.8, 4) is 0 Å². The van der Waals surface area contributed by atoms with Crippen LogP contribution in [0.25, 0.3) is 0 Å². The molecule has 1 saturated heterocycles. The second kappa shape index (κ2) is 4.74. The first kappa shape index (κ1) is 11.9. The molecule has 1 atom stereocenters. The fourth-order valence-electron chi connectivity index (χ4n) is 2.48. The van der Waals surface area contributed by atoms with Gasteiger partial charge in [-0.3, -0.25) is 4.79 Å². The van der Waals surface area contributed by atoms with Crippen LogP contribution in [0.1, 0.15) is 39.5 Å². The van der Waals surface area contributed by atoms with Crippen LogP contribution in [-0.4, -0.2) is 25.5 Å². The number of piperidine rings is 1. The third kappa shape index (κ3) is 2.97. The fourth-order valence-corrected chi connectivity index (χ4v) is 2.48. The van der Waals surface area contributed by atoms with Gasteiger partial charge in [0.2, 0.25) is 5.91 Å². The molecule has 1 unspecified atom stereocenters. The molecule has 1 aliphatic heterocycles. The van der Waals surface area contributed by atoms with E-state index in [-0.39, 0.29) is 11.8 Å². The predicted molar refractivity (Wildman–Crippen MR) is 65.1 cm³/mol. The summed E-state index contributed by atoms with van der Waals surface area (Å²) in [7, 11) is 0. The molecule has 2 rings (SSSR count). The molecule has 0 aromatic carbocycles. The average Bonchev–Trinajstić information content (AvgIpc) is 3.10. The second-order valence-corrected chi connectivity index (χ2v) is 5.90. The quantitative estimate of drug-likeness (QED) is 0.760. The maximum Gasteiger partial charge on any atom is 0.223 e. The molecule has 2 fully saturated rings. The van der Waals surface area contributed by atoms with E-state index >= 15 is 0 Å². The molecule has 0 bridgehead atoms. The number of carbonyl (C=O) groups excluding carboxylic acids is 1. The van der Waals surface area contributed by atoms with Crippen molar-refractivity contribution < 1.29 is 4.79 Å². The summed E-state index contributed by atoms with van der Waals surface area (Å²) >= 11 is 0. The Morgan fingerprint density at radius 2 is 2.06 bits per heavy atom. The topological polar surface area (TPSA) is 41.1 Å². The number of carbonyl (C=O) groups is 1. The third-order valence-corrected chi connectivity index (χ3v) is 4.24. The van der Waals surface area contributed by atoms with E-state index in [1.807, 2.05) is 0 Å². The summed E-state index contributed by atoms with van der Waals surface area (Å²) < 4.78 is 0. The van der Waals surface area contributed by atoms with Crippen LogP contribution >= 0.6 is 0 Å². The predicted octanol–water partition coefficient (Wildman–Crippen LogP) is 1.54. The molecular formula is C13H24N2O. The van der Waals surface area contributed by atoms with Gasteiger partial charge in [0, 0.05) is 12.5 Å². The molecule has 0 aromatic rings. The molecule has 3 heteroatoms. The van der Waals surface area contributed by atoms with E-state index in [1.54, 1.807) is 0 Å². The van der Waals surface area contributed by atoms with Crippen LogP contribution in [0, 0.1) is 17.3 Å². The minimum absolute atomic E-state index is 0.227. The lowest BCUT2D eigenvalue weighted by molar-refractivity contribution is -0.125. The minimum atomic E-state index is 0.227. The van der Waals surface area contributed by atoms with Gasteiger partial charge < -0.3 is 10.6 Å². The molecule has 92 valence electrons. The van der Waals surface area contributed by atoms with Crippen LogP contribution in [0.3, 0.4) is 0 Å². The van der Waals surface area contributed by atoms with Crippen molar-refractivity contribution in [2.75, 3.05) is 19.6 Å². The zero-order valence-electron chi connectivity index (χ0n) is 10.5. The van der Waals surface area contributed by atoms with Crippen molar-refractivity contribution in [2.24, 2.45) is 17.3 Å². The lowest BCUT2D eigenvalue weighted by Gasteiger charge is -2.34. The summed E-state index contributed by atoms with van der Waals surface area (Å²) in [6.07, 6.45) is 4.84. The summed E-state index contributed by atoms with van der Waals surface area (Å²) in [5.74, 6) is 1.16. The molecule has 16 heavy (non-hydrogen) atoms. The van der Waals surface area contributed by atoms with Crippen molar-refractivity contribution in [1.29, 1.82) is 0 Å². The smallest absolute Gasteiger partial charge is 0.223 e. The Hall–Kier alpha value is -0.570. The van der Waals surface area contributed by atoms with E-state index in [0.717, 1.165) is 19.6 Å². The van der Waals surface area contributed by atoms with Crippen molar-refractivity contribution in [1.82, 2.24) is 10.6 Å². The lowest BCUT2D eigenvalue weighted by Crippen LogP contribution is -2.44. The SMILES string of the molecule is CC(C(=O)NCC1(C)CCNCC1)C1CC1. The van der Waals surface area contributed by atoms with Gasteiger partial charge in [-0.2, -0.15) is 0 Å². The average molecular weight is 224 g/mol. The zero-order chi connectivity index (χ0) is 11.6. The molecule has 3 nitrogen and oxygen atoms in total. The number of amides is 1. The minimum Gasteiger partial charge on any atom is -0.355 e. The maximum atomic E-state index is 11.9. The summed E-state index contributed by atoms with van der Waals surface area (Å²) in [6, 6.07) is 0. The molecule has 1 amide bonds. The highest BCUT2D eigenvalue weighted by Crippen LogP contribution is 2.36. The van der Waals surface area contributed by atoms with Crippen LogP contribution in [-0.2, 0) is 4.79 Å². The van der Waals surface area contributed by atoms with Gasteiger partial charge in [0.25, 0.3) is 0 Å². The molecule has 1 saturated carbocycles. The van der Waals surface area contributed by atoms with E-state index in [9.17, 15) is 4.79 Å². The van der Waals surface area contributed by atoms with Crippen molar-refractivity contribution in [2.45, 2.75) is 39.5 Å². The second-order valence-electron chi connectivity index (χ2n) is 5.90. The van der Waals surface area contributed by atoms with Crippen molar-refractivity contribution in [3.63, 3.8) is 0 Å². The van der Waals surface area contributed by atoms with Crippen LogP contribution in [0.4, 0.5) is 0 Å². The van der Waals surface area contributed by atoms with Crippen molar-refractivity contribution >= 4 is 5.91 Å². The molecule has 0 spiro atoms. The van der Waals surface area contributed by atoms with Crippen LogP contribution in [0.2, 0.25) is 0 Å². The van der Waals surface area contributed by atoms with Gasteiger partial charge in [0.05, 0.1) is 0 Å². The first-order chi connectivity index (χ1) is 7.61. The normalized spacial score (nSPS) is 26.1. The largest absolute Gasteiger partial charge is 0.355 e. The Kier molecular flexibility index (Phi) is 3.53. The summed E-state index contributed by atoms with van der Waals surface area (Å²) in [6.45, 7) is 7.38. The molecule has 2 N–H and O–H groups in total. The monoisotopic (exact) mass is 224 g/mol. The van der Waals surface area contributed by atoms with Gasteiger partial charge in [-0.05, 0) is 50.1 Å². The highest BCUT2D eigenvalue weighted by Gasteiger charge is 2.34. The number of nitrogens with one attached hydrogen (secondary N) is 2. The third-order valence-electron chi connectivity index (χ3n) is 4.24. The highest BCUT2D eigenvalue weighted by atomic mass is 16.1. The van der Waals surface area contributed by atoms with E-state index in [1.165, 1.54) is 25.7 Å². The molecule has 2 aliphatic rings. The zero-order valence-corrected chi connectivity index (χ0v) is 10.5. The number of rotatable bonds is 4. The van der Waals surface area contributed by atoms with Crippen LogP contribution in [0.15, 0.2) is 0 Å². The summed E-state index contributed by atoms with van der Waals surface area (Å²) in [4.78, 5) is 11.9. The Labute approximate surface area is 98.4 Å². The molecule has 0 radical (unpaired) electrons. The van der Waals surface area contributed by atoms with E-state index < -0.39 is 0 Å². The molecular weight excluding hydrogens is 200 g/mol. The number of hydrogen-bond donors (Lipinski definition) is 2. The molecule has 1 aliphatic carbocycles. The summed E-state index contributed by atoms with van der Waals surface area (Å²) in [5, 5.41) is 6.51. The fraction of sp³-hybridized carbons (Fsp3) is 0.923. The Balaban J connectivity index is 1.74. The van der Waals surface area contributed by atoms with Gasteiger partial charge in [0.15, 0.2) is 0 Å². The Bertz CT molecular complexity index is 255. The van der Waals surface area contributed by atoms with Gasteiger partial charge in [-0.15, -0.1) is 0 Å². The van der Waals surface area contributed by atoms with Crippen molar-refractivity contribution in [3.05, 3.63) is 0 Å².